The summed E-state index contributed by atoms with van der Waals surface area (Å²) in [5, 5.41) is 9.72. The molecule has 190 valence electrons. The Bertz CT molecular complexity index is 2450. The van der Waals surface area contributed by atoms with Gasteiger partial charge in [-0.15, -0.1) is 11.3 Å². The lowest BCUT2D eigenvalue weighted by molar-refractivity contribution is 1.31. The molecule has 2 aromatic heterocycles. The van der Waals surface area contributed by atoms with Crippen LogP contribution in [0.2, 0.25) is 0 Å². The van der Waals surface area contributed by atoms with Crippen molar-refractivity contribution in [2.24, 2.45) is 0 Å². The van der Waals surface area contributed by atoms with E-state index >= 15 is 0 Å². The summed E-state index contributed by atoms with van der Waals surface area (Å²) in [4.78, 5) is 10.3. The van der Waals surface area contributed by atoms with Gasteiger partial charge in [0.25, 0.3) is 0 Å². The normalized spacial score (nSPS) is 11.9. The maximum atomic E-state index is 5.28. The van der Waals surface area contributed by atoms with Crippen molar-refractivity contribution in [3.63, 3.8) is 0 Å². The van der Waals surface area contributed by atoms with Crippen molar-refractivity contribution in [3.05, 3.63) is 134 Å². The van der Waals surface area contributed by atoms with E-state index in [-0.39, 0.29) is 0 Å². The third-order valence-corrected chi connectivity index (χ3v) is 9.46. The van der Waals surface area contributed by atoms with E-state index in [0.717, 1.165) is 33.1 Å². The van der Waals surface area contributed by atoms with Gasteiger partial charge in [0.2, 0.25) is 0 Å². The summed E-state index contributed by atoms with van der Waals surface area (Å²) in [5.41, 5.74) is 6.33. The molecule has 7 aromatic carbocycles. The molecule has 0 bridgehead atoms. The van der Waals surface area contributed by atoms with Crippen molar-refractivity contribution in [3.8, 4) is 22.4 Å². The second kappa shape index (κ2) is 8.69. The molecule has 0 aliphatic rings. The molecule has 0 aliphatic heterocycles. The average Bonchev–Trinajstić information content (AvgIpc) is 3.42. The fourth-order valence-electron chi connectivity index (χ4n) is 6.43. The highest BCUT2D eigenvalue weighted by Crippen LogP contribution is 2.40. The number of hydrogen-bond donors (Lipinski definition) is 0. The summed E-state index contributed by atoms with van der Waals surface area (Å²) in [6, 6.07) is 45.7. The van der Waals surface area contributed by atoms with Crippen LogP contribution in [0.3, 0.4) is 0 Å². The van der Waals surface area contributed by atoms with E-state index in [4.69, 9.17) is 9.97 Å². The Labute approximate surface area is 240 Å². The number of aromatic nitrogens is 2. The van der Waals surface area contributed by atoms with Crippen LogP contribution in [0.15, 0.2) is 134 Å². The second-order valence-corrected chi connectivity index (χ2v) is 11.6. The van der Waals surface area contributed by atoms with Crippen LogP contribution in [-0.2, 0) is 0 Å². The van der Waals surface area contributed by atoms with Crippen molar-refractivity contribution >= 4 is 74.9 Å². The van der Waals surface area contributed by atoms with Crippen LogP contribution in [0.1, 0.15) is 0 Å². The summed E-state index contributed by atoms with van der Waals surface area (Å²) in [5.74, 6) is 0. The standard InChI is InChI=1S/C38H22N2S/c1-3-12-31-27(9-1)28-10-2-4-13-32(28)38-37(31)39-22-34(40-38)29-17-8-15-25-24(14-7-16-26(25)29)23-19-20-36-33(21-23)30-11-5-6-18-35(30)41-36/h1-22H. The molecule has 2 nitrogen and oxygen atoms in total. The summed E-state index contributed by atoms with van der Waals surface area (Å²) in [6.45, 7) is 0. The number of nitrogens with zero attached hydrogens (tertiary/aromatic N) is 2. The van der Waals surface area contributed by atoms with Gasteiger partial charge in [0.15, 0.2) is 0 Å². The van der Waals surface area contributed by atoms with Crippen LogP contribution in [0.25, 0.3) is 85.9 Å². The molecule has 0 saturated carbocycles. The van der Waals surface area contributed by atoms with Gasteiger partial charge in [0.05, 0.1) is 22.9 Å². The molecule has 9 aromatic rings. The van der Waals surface area contributed by atoms with Gasteiger partial charge in [-0.1, -0.05) is 109 Å². The van der Waals surface area contributed by atoms with Crippen molar-refractivity contribution in [1.29, 1.82) is 0 Å². The predicted octanol–water partition coefficient (Wildman–Crippen LogP) is 10.8. The number of fused-ring (bicyclic) bond motifs is 10. The molecule has 0 atom stereocenters. The molecule has 0 saturated heterocycles. The first kappa shape index (κ1) is 22.7. The second-order valence-electron chi connectivity index (χ2n) is 10.6. The molecule has 0 radical (unpaired) electrons. The Hall–Kier alpha value is -5.12. The van der Waals surface area contributed by atoms with E-state index in [2.05, 4.69) is 127 Å². The third-order valence-electron chi connectivity index (χ3n) is 8.31. The summed E-state index contributed by atoms with van der Waals surface area (Å²) < 4.78 is 2.65. The SMILES string of the molecule is c1ccc2c(c1)sc1ccc(-c3cccc4c(-c5cnc6c7ccccc7c7ccccc7c6n5)cccc34)cc12. The lowest BCUT2D eigenvalue weighted by Crippen LogP contribution is -1.93. The fraction of sp³-hybridized carbons (Fsp3) is 0. The minimum Gasteiger partial charge on any atom is -0.252 e. The highest BCUT2D eigenvalue weighted by atomic mass is 32.1. The molecule has 0 aliphatic carbocycles. The van der Waals surface area contributed by atoms with Crippen molar-refractivity contribution in [2.75, 3.05) is 0 Å². The Kier molecular flexibility index (Phi) is 4.80. The zero-order valence-electron chi connectivity index (χ0n) is 22.0. The summed E-state index contributed by atoms with van der Waals surface area (Å²) in [7, 11) is 0. The van der Waals surface area contributed by atoms with Gasteiger partial charge in [-0.3, -0.25) is 4.98 Å². The fourth-order valence-corrected chi connectivity index (χ4v) is 7.52. The molecular formula is C38H22N2S. The highest BCUT2D eigenvalue weighted by Gasteiger charge is 2.15. The van der Waals surface area contributed by atoms with E-state index in [1.807, 2.05) is 17.5 Å². The van der Waals surface area contributed by atoms with Crippen LogP contribution in [-0.4, -0.2) is 9.97 Å². The molecule has 0 fully saturated rings. The minimum atomic E-state index is 0.889. The van der Waals surface area contributed by atoms with Gasteiger partial charge in [-0.05, 0) is 50.9 Å². The molecule has 0 unspecified atom stereocenters. The van der Waals surface area contributed by atoms with Gasteiger partial charge in [0, 0.05) is 36.5 Å². The zero-order chi connectivity index (χ0) is 26.9. The van der Waals surface area contributed by atoms with Crippen LogP contribution >= 0.6 is 11.3 Å². The topological polar surface area (TPSA) is 25.8 Å². The molecule has 41 heavy (non-hydrogen) atoms. The maximum Gasteiger partial charge on any atom is 0.0979 e. The molecule has 2 heterocycles. The number of benzene rings is 7. The quantitative estimate of drug-likeness (QED) is 0.205. The highest BCUT2D eigenvalue weighted by molar-refractivity contribution is 7.25. The molecule has 3 heteroatoms. The Balaban J connectivity index is 1.27. The van der Waals surface area contributed by atoms with Gasteiger partial charge in [-0.2, -0.15) is 0 Å². The van der Waals surface area contributed by atoms with Crippen molar-refractivity contribution in [2.45, 2.75) is 0 Å². The monoisotopic (exact) mass is 538 g/mol. The summed E-state index contributed by atoms with van der Waals surface area (Å²) >= 11 is 1.86. The lowest BCUT2D eigenvalue weighted by atomic mass is 9.94. The first-order valence-electron chi connectivity index (χ1n) is 13.8. The molecule has 9 rings (SSSR count). The predicted molar refractivity (Wildman–Crippen MR) is 176 cm³/mol. The molecule has 0 spiro atoms. The Morgan fingerprint density at radius 1 is 0.415 bits per heavy atom. The summed E-state index contributed by atoms with van der Waals surface area (Å²) in [6.07, 6.45) is 1.94. The maximum absolute atomic E-state index is 5.28. The molecule has 0 N–H and O–H groups in total. The van der Waals surface area contributed by atoms with Gasteiger partial charge < -0.3 is 0 Å². The Morgan fingerprint density at radius 2 is 1.00 bits per heavy atom. The Morgan fingerprint density at radius 3 is 1.78 bits per heavy atom. The minimum absolute atomic E-state index is 0.889. The number of hydrogen-bond acceptors (Lipinski definition) is 3. The van der Waals surface area contributed by atoms with Crippen molar-refractivity contribution < 1.29 is 0 Å². The van der Waals surface area contributed by atoms with Crippen LogP contribution in [0, 0.1) is 0 Å². The molecular weight excluding hydrogens is 516 g/mol. The van der Waals surface area contributed by atoms with Gasteiger partial charge in [-0.25, -0.2) is 4.98 Å². The molecule has 0 amide bonds. The van der Waals surface area contributed by atoms with Gasteiger partial charge in [0.1, 0.15) is 0 Å². The largest absolute Gasteiger partial charge is 0.252 e. The zero-order valence-corrected chi connectivity index (χ0v) is 22.8. The van der Waals surface area contributed by atoms with E-state index in [9.17, 15) is 0 Å². The van der Waals surface area contributed by atoms with Crippen molar-refractivity contribution in [1.82, 2.24) is 9.97 Å². The smallest absolute Gasteiger partial charge is 0.0979 e. The van der Waals surface area contributed by atoms with Crippen LogP contribution < -0.4 is 0 Å². The van der Waals surface area contributed by atoms with E-state index in [1.54, 1.807) is 0 Å². The van der Waals surface area contributed by atoms with Gasteiger partial charge >= 0.3 is 0 Å². The van der Waals surface area contributed by atoms with Crippen LogP contribution in [0.5, 0.6) is 0 Å². The third kappa shape index (κ3) is 3.36. The van der Waals surface area contributed by atoms with Crippen LogP contribution in [0.4, 0.5) is 0 Å². The first-order chi connectivity index (χ1) is 20.3. The van der Waals surface area contributed by atoms with E-state index in [1.165, 1.54) is 52.8 Å². The average molecular weight is 539 g/mol. The number of thiophene rings is 1. The van der Waals surface area contributed by atoms with E-state index < -0.39 is 0 Å². The first-order valence-corrected chi connectivity index (χ1v) is 14.7. The number of rotatable bonds is 2. The van der Waals surface area contributed by atoms with E-state index in [0.29, 0.717) is 0 Å². The lowest BCUT2D eigenvalue weighted by Gasteiger charge is -2.13.